The van der Waals surface area contributed by atoms with Crippen molar-refractivity contribution >= 4 is 28.3 Å². The maximum absolute atomic E-state index is 12.5. The van der Waals surface area contributed by atoms with Crippen molar-refractivity contribution in [3.05, 3.63) is 0 Å². The van der Waals surface area contributed by atoms with Gasteiger partial charge in [-0.1, -0.05) is 12.8 Å². The van der Waals surface area contributed by atoms with Crippen LogP contribution in [-0.2, 0) is 14.8 Å². The highest BCUT2D eigenvalue weighted by molar-refractivity contribution is 7.89. The van der Waals surface area contributed by atoms with E-state index in [0.717, 1.165) is 30.0 Å². The maximum atomic E-state index is 12.5. The van der Waals surface area contributed by atoms with Gasteiger partial charge in [-0.25, -0.2) is 8.42 Å². The van der Waals surface area contributed by atoms with Crippen molar-refractivity contribution in [3.63, 3.8) is 0 Å². The van der Waals surface area contributed by atoms with E-state index in [2.05, 4.69) is 5.32 Å². The Morgan fingerprint density at radius 3 is 2.40 bits per heavy atom. The van der Waals surface area contributed by atoms with Gasteiger partial charge < -0.3 is 11.1 Å². The highest BCUT2D eigenvalue weighted by Crippen LogP contribution is 2.31. The van der Waals surface area contributed by atoms with Gasteiger partial charge in [0.25, 0.3) is 10.0 Å². The standard InChI is InChI=1S/C15H27F2N3O3S.ClH/c1-15(18)7-3-2-4-12(15)13(21)19-10-11-5-8-20(9-6-11)24(22,23)14(16)17;/h11-12,14H,2-10,18H2,1H3,(H,19,21);1H. The van der Waals surface area contributed by atoms with Crippen molar-refractivity contribution in [1.29, 1.82) is 0 Å². The molecule has 1 aliphatic heterocycles. The zero-order chi connectivity index (χ0) is 18.0. The highest BCUT2D eigenvalue weighted by atomic mass is 35.5. The van der Waals surface area contributed by atoms with E-state index in [-0.39, 0.29) is 43.2 Å². The monoisotopic (exact) mass is 403 g/mol. The second-order valence-electron chi connectivity index (χ2n) is 7.20. The molecule has 0 radical (unpaired) electrons. The lowest BCUT2D eigenvalue weighted by Gasteiger charge is -2.37. The lowest BCUT2D eigenvalue weighted by Crippen LogP contribution is -2.53. The highest BCUT2D eigenvalue weighted by Gasteiger charge is 2.38. The Morgan fingerprint density at radius 2 is 1.88 bits per heavy atom. The Balaban J connectivity index is 0.00000312. The third kappa shape index (κ3) is 5.48. The molecule has 2 fully saturated rings. The van der Waals surface area contributed by atoms with Crippen molar-refractivity contribution in [3.8, 4) is 0 Å². The van der Waals surface area contributed by atoms with Gasteiger partial charge >= 0.3 is 5.76 Å². The van der Waals surface area contributed by atoms with Crippen LogP contribution < -0.4 is 11.1 Å². The fourth-order valence-electron chi connectivity index (χ4n) is 3.64. The molecule has 2 atom stereocenters. The van der Waals surface area contributed by atoms with Gasteiger partial charge in [0.2, 0.25) is 5.91 Å². The number of hydrogen-bond donors (Lipinski definition) is 2. The molecule has 0 bridgehead atoms. The number of halogens is 3. The lowest BCUT2D eigenvalue weighted by atomic mass is 9.74. The predicted molar refractivity (Wildman–Crippen MR) is 94.0 cm³/mol. The van der Waals surface area contributed by atoms with Crippen molar-refractivity contribution < 1.29 is 22.0 Å². The Kier molecular flexibility index (Phi) is 8.04. The molecular weight excluding hydrogens is 376 g/mol. The van der Waals surface area contributed by atoms with Gasteiger partial charge in [-0.05, 0) is 38.5 Å². The van der Waals surface area contributed by atoms with Gasteiger partial charge in [-0.15, -0.1) is 12.4 Å². The van der Waals surface area contributed by atoms with Gasteiger partial charge in [0.15, 0.2) is 0 Å². The summed E-state index contributed by atoms with van der Waals surface area (Å²) in [6.45, 7) is 2.49. The molecule has 2 aliphatic rings. The molecule has 1 heterocycles. The number of nitrogens with one attached hydrogen (secondary N) is 1. The summed E-state index contributed by atoms with van der Waals surface area (Å²) >= 11 is 0. The van der Waals surface area contributed by atoms with Crippen LogP contribution >= 0.6 is 12.4 Å². The van der Waals surface area contributed by atoms with E-state index < -0.39 is 21.3 Å². The van der Waals surface area contributed by atoms with Crippen LogP contribution in [0, 0.1) is 11.8 Å². The fourth-order valence-corrected chi connectivity index (χ4v) is 4.58. The van der Waals surface area contributed by atoms with Crippen LogP contribution in [-0.4, -0.2) is 49.6 Å². The first-order valence-electron chi connectivity index (χ1n) is 8.48. The van der Waals surface area contributed by atoms with Crippen LogP contribution in [0.2, 0.25) is 0 Å². The number of carbonyl (C=O) groups excluding carboxylic acids is 1. The van der Waals surface area contributed by atoms with Gasteiger partial charge in [-0.3, -0.25) is 4.79 Å². The smallest absolute Gasteiger partial charge is 0.350 e. The quantitative estimate of drug-likeness (QED) is 0.730. The molecule has 25 heavy (non-hydrogen) atoms. The average molecular weight is 404 g/mol. The van der Waals surface area contributed by atoms with Crippen LogP contribution in [0.15, 0.2) is 0 Å². The Bertz CT molecular complexity index is 552. The Morgan fingerprint density at radius 1 is 1.28 bits per heavy atom. The molecule has 1 amide bonds. The van der Waals surface area contributed by atoms with E-state index in [9.17, 15) is 22.0 Å². The first-order valence-corrected chi connectivity index (χ1v) is 9.98. The van der Waals surface area contributed by atoms with Gasteiger partial charge in [0, 0.05) is 25.2 Å². The molecule has 1 saturated carbocycles. The molecular formula is C15H28ClF2N3O3S. The van der Waals surface area contributed by atoms with Crippen LogP contribution in [0.4, 0.5) is 8.78 Å². The van der Waals surface area contributed by atoms with Crippen molar-refractivity contribution in [1.82, 2.24) is 9.62 Å². The molecule has 6 nitrogen and oxygen atoms in total. The molecule has 2 unspecified atom stereocenters. The number of nitrogens with zero attached hydrogens (tertiary/aromatic N) is 1. The lowest BCUT2D eigenvalue weighted by molar-refractivity contribution is -0.128. The normalized spacial score (nSPS) is 29.2. The van der Waals surface area contributed by atoms with Crippen LogP contribution in [0.3, 0.4) is 0 Å². The second-order valence-corrected chi connectivity index (χ2v) is 9.10. The molecule has 10 heteroatoms. The SMILES string of the molecule is CC1(N)CCCCC1C(=O)NCC1CCN(S(=O)(=O)C(F)F)CC1.Cl. The van der Waals surface area contributed by atoms with Crippen LogP contribution in [0.5, 0.6) is 0 Å². The molecule has 0 aromatic heterocycles. The minimum absolute atomic E-state index is 0. The molecule has 148 valence electrons. The second kappa shape index (κ2) is 8.92. The number of rotatable bonds is 5. The van der Waals surface area contributed by atoms with E-state index in [1.54, 1.807) is 0 Å². The summed E-state index contributed by atoms with van der Waals surface area (Å²) < 4.78 is 48.8. The van der Waals surface area contributed by atoms with Crippen LogP contribution in [0.25, 0.3) is 0 Å². The largest absolute Gasteiger partial charge is 0.356 e. The first kappa shape index (κ1) is 22.5. The third-order valence-corrected chi connectivity index (χ3v) is 6.83. The van der Waals surface area contributed by atoms with Gasteiger partial charge in [0.1, 0.15) is 0 Å². The minimum atomic E-state index is -4.49. The van der Waals surface area contributed by atoms with E-state index in [4.69, 9.17) is 5.73 Å². The summed E-state index contributed by atoms with van der Waals surface area (Å²) in [5, 5.41) is 2.92. The number of hydrogen-bond acceptors (Lipinski definition) is 4. The molecule has 0 aromatic carbocycles. The van der Waals surface area contributed by atoms with E-state index in [1.807, 2.05) is 6.92 Å². The molecule has 0 spiro atoms. The average Bonchev–Trinajstić information content (AvgIpc) is 2.52. The number of carbonyl (C=O) groups is 1. The number of nitrogens with two attached hydrogens (primary N) is 1. The fraction of sp³-hybridized carbons (Fsp3) is 0.933. The maximum Gasteiger partial charge on any atom is 0.350 e. The summed E-state index contributed by atoms with van der Waals surface area (Å²) in [5.41, 5.74) is 5.73. The van der Waals surface area contributed by atoms with Crippen LogP contribution in [0.1, 0.15) is 45.4 Å². The zero-order valence-electron chi connectivity index (χ0n) is 14.4. The first-order chi connectivity index (χ1) is 11.1. The molecule has 1 aliphatic carbocycles. The summed E-state index contributed by atoms with van der Waals surface area (Å²) in [6, 6.07) is 0. The minimum Gasteiger partial charge on any atom is -0.356 e. The van der Waals surface area contributed by atoms with Gasteiger partial charge in [-0.2, -0.15) is 13.1 Å². The van der Waals surface area contributed by atoms with E-state index >= 15 is 0 Å². The molecule has 2 rings (SSSR count). The van der Waals surface area contributed by atoms with Gasteiger partial charge in [0.05, 0.1) is 5.92 Å². The number of alkyl halides is 2. The van der Waals surface area contributed by atoms with Crippen molar-refractivity contribution in [2.24, 2.45) is 17.6 Å². The number of piperidine rings is 1. The summed E-state index contributed by atoms with van der Waals surface area (Å²) in [6.07, 6.45) is 4.58. The van der Waals surface area contributed by atoms with Crippen molar-refractivity contribution in [2.75, 3.05) is 19.6 Å². The molecule has 1 saturated heterocycles. The zero-order valence-corrected chi connectivity index (χ0v) is 16.1. The molecule has 3 N–H and O–H groups in total. The van der Waals surface area contributed by atoms with E-state index in [1.165, 1.54) is 0 Å². The summed E-state index contributed by atoms with van der Waals surface area (Å²) in [5.74, 6) is -3.53. The topological polar surface area (TPSA) is 92.5 Å². The molecule has 0 aromatic rings. The predicted octanol–water partition coefficient (Wildman–Crippen LogP) is 1.70. The van der Waals surface area contributed by atoms with Crippen molar-refractivity contribution in [2.45, 2.75) is 56.7 Å². The Labute approximate surface area is 154 Å². The number of sulfonamides is 1. The Hall–Kier alpha value is -0.510. The summed E-state index contributed by atoms with van der Waals surface area (Å²) in [7, 11) is -4.49. The van der Waals surface area contributed by atoms with E-state index in [0.29, 0.717) is 19.4 Å². The third-order valence-electron chi connectivity index (χ3n) is 5.29. The summed E-state index contributed by atoms with van der Waals surface area (Å²) in [4.78, 5) is 12.4. The number of amides is 1.